The fourth-order valence-electron chi connectivity index (χ4n) is 3.24. The van der Waals surface area contributed by atoms with Crippen LogP contribution in [0.3, 0.4) is 0 Å². The highest BCUT2D eigenvalue weighted by Gasteiger charge is 2.29. The van der Waals surface area contributed by atoms with Crippen molar-refractivity contribution in [3.8, 4) is 5.75 Å². The molecule has 1 saturated heterocycles. The van der Waals surface area contributed by atoms with Gasteiger partial charge in [0.05, 0.1) is 12.6 Å². The van der Waals surface area contributed by atoms with Crippen LogP contribution in [0.1, 0.15) is 37.8 Å². The SMILES string of the molecule is CC(=O)N1CCC(C(=O)NC2CCOc3ccccc32)CC1. The number of likely N-dealkylation sites (tertiary alicyclic amines) is 1. The fraction of sp³-hybridized carbons (Fsp3) is 0.529. The lowest BCUT2D eigenvalue weighted by molar-refractivity contribution is -0.134. The van der Waals surface area contributed by atoms with Crippen LogP contribution < -0.4 is 10.1 Å². The number of nitrogens with zero attached hydrogens (tertiary/aromatic N) is 1. The molecule has 0 radical (unpaired) electrons. The number of hydrogen-bond donors (Lipinski definition) is 1. The molecular formula is C17H22N2O3. The molecule has 0 aliphatic carbocycles. The molecular weight excluding hydrogens is 280 g/mol. The number of piperidine rings is 1. The van der Waals surface area contributed by atoms with Gasteiger partial charge < -0.3 is 15.0 Å². The summed E-state index contributed by atoms with van der Waals surface area (Å²) in [4.78, 5) is 25.7. The molecule has 2 aliphatic heterocycles. The third-order valence-electron chi connectivity index (χ3n) is 4.59. The summed E-state index contributed by atoms with van der Waals surface area (Å²) >= 11 is 0. The number of ether oxygens (including phenoxy) is 1. The molecule has 3 rings (SSSR count). The van der Waals surface area contributed by atoms with E-state index < -0.39 is 0 Å². The van der Waals surface area contributed by atoms with Gasteiger partial charge in [0.15, 0.2) is 0 Å². The van der Waals surface area contributed by atoms with Crippen LogP contribution in [-0.4, -0.2) is 36.4 Å². The summed E-state index contributed by atoms with van der Waals surface area (Å²) in [5.74, 6) is 1.07. The Bertz CT molecular complexity index is 565. The van der Waals surface area contributed by atoms with Crippen LogP contribution >= 0.6 is 0 Å². The molecule has 1 unspecified atom stereocenters. The lowest BCUT2D eigenvalue weighted by Crippen LogP contribution is -2.43. The van der Waals surface area contributed by atoms with E-state index in [4.69, 9.17) is 4.74 Å². The Labute approximate surface area is 130 Å². The molecule has 1 aromatic carbocycles. The van der Waals surface area contributed by atoms with Crippen LogP contribution in [0, 0.1) is 5.92 Å². The molecule has 2 amide bonds. The Morgan fingerprint density at radius 3 is 2.64 bits per heavy atom. The molecule has 118 valence electrons. The van der Waals surface area contributed by atoms with E-state index in [1.807, 2.05) is 29.2 Å². The fourth-order valence-corrected chi connectivity index (χ4v) is 3.24. The average molecular weight is 302 g/mol. The summed E-state index contributed by atoms with van der Waals surface area (Å²) in [6.07, 6.45) is 2.29. The van der Waals surface area contributed by atoms with Crippen LogP contribution in [0.2, 0.25) is 0 Å². The Morgan fingerprint density at radius 1 is 1.18 bits per heavy atom. The van der Waals surface area contributed by atoms with E-state index in [-0.39, 0.29) is 23.8 Å². The summed E-state index contributed by atoms with van der Waals surface area (Å²) in [5, 5.41) is 3.17. The largest absolute Gasteiger partial charge is 0.493 e. The van der Waals surface area contributed by atoms with Gasteiger partial charge in [0, 0.05) is 37.9 Å². The van der Waals surface area contributed by atoms with Gasteiger partial charge in [-0.05, 0) is 18.9 Å². The van der Waals surface area contributed by atoms with Gasteiger partial charge in [-0.25, -0.2) is 0 Å². The van der Waals surface area contributed by atoms with Gasteiger partial charge in [-0.1, -0.05) is 18.2 Å². The van der Waals surface area contributed by atoms with E-state index in [2.05, 4.69) is 5.32 Å². The molecule has 2 aliphatic rings. The first-order valence-corrected chi connectivity index (χ1v) is 7.93. The van der Waals surface area contributed by atoms with E-state index in [1.165, 1.54) is 0 Å². The highest BCUT2D eigenvalue weighted by atomic mass is 16.5. The number of hydrogen-bond acceptors (Lipinski definition) is 3. The van der Waals surface area contributed by atoms with Crippen LogP contribution in [0.4, 0.5) is 0 Å². The first-order chi connectivity index (χ1) is 10.6. The monoisotopic (exact) mass is 302 g/mol. The van der Waals surface area contributed by atoms with E-state index >= 15 is 0 Å². The van der Waals surface area contributed by atoms with Crippen molar-refractivity contribution in [2.45, 2.75) is 32.2 Å². The predicted octanol–water partition coefficient (Wildman–Crippen LogP) is 1.88. The van der Waals surface area contributed by atoms with Gasteiger partial charge in [-0.2, -0.15) is 0 Å². The number of nitrogens with one attached hydrogen (secondary N) is 1. The Kier molecular flexibility index (Phi) is 4.32. The minimum atomic E-state index is 0.00519. The van der Waals surface area contributed by atoms with Crippen molar-refractivity contribution >= 4 is 11.8 Å². The number of carbonyl (C=O) groups excluding carboxylic acids is 2. The molecule has 1 N–H and O–H groups in total. The number of fused-ring (bicyclic) bond motifs is 1. The highest BCUT2D eigenvalue weighted by molar-refractivity contribution is 5.80. The van der Waals surface area contributed by atoms with E-state index in [9.17, 15) is 9.59 Å². The summed E-state index contributed by atoms with van der Waals surface area (Å²) in [5.41, 5.74) is 1.06. The zero-order valence-corrected chi connectivity index (χ0v) is 12.9. The van der Waals surface area contributed by atoms with E-state index in [0.29, 0.717) is 19.7 Å². The van der Waals surface area contributed by atoms with Gasteiger partial charge in [0.1, 0.15) is 5.75 Å². The van der Waals surface area contributed by atoms with Crippen LogP contribution in [0.5, 0.6) is 5.75 Å². The normalized spacial score (nSPS) is 21.7. The molecule has 0 spiro atoms. The molecule has 1 fully saturated rings. The van der Waals surface area contributed by atoms with Gasteiger partial charge in [-0.3, -0.25) is 9.59 Å². The predicted molar refractivity (Wildman–Crippen MR) is 82.4 cm³/mol. The number of carbonyl (C=O) groups is 2. The van der Waals surface area contributed by atoms with Crippen molar-refractivity contribution in [2.75, 3.05) is 19.7 Å². The third kappa shape index (κ3) is 3.08. The molecule has 1 aromatic rings. The summed E-state index contributed by atoms with van der Waals surface area (Å²) in [6.45, 7) is 3.57. The minimum Gasteiger partial charge on any atom is -0.493 e. The van der Waals surface area contributed by atoms with E-state index in [1.54, 1.807) is 6.92 Å². The standard InChI is InChI=1S/C17H22N2O3/c1-12(20)19-9-6-13(7-10-19)17(21)18-15-8-11-22-16-5-3-2-4-14(15)16/h2-5,13,15H,6-11H2,1H3,(H,18,21). The summed E-state index contributed by atoms with van der Waals surface area (Å²) < 4.78 is 5.63. The van der Waals surface area contributed by atoms with Crippen LogP contribution in [-0.2, 0) is 9.59 Å². The van der Waals surface area contributed by atoms with Crippen LogP contribution in [0.15, 0.2) is 24.3 Å². The summed E-state index contributed by atoms with van der Waals surface area (Å²) in [7, 11) is 0. The molecule has 2 heterocycles. The lowest BCUT2D eigenvalue weighted by Gasteiger charge is -2.32. The lowest BCUT2D eigenvalue weighted by atomic mass is 9.94. The second-order valence-corrected chi connectivity index (χ2v) is 6.02. The maximum atomic E-state index is 12.5. The van der Waals surface area contributed by atoms with Crippen molar-refractivity contribution in [3.63, 3.8) is 0 Å². The summed E-state index contributed by atoms with van der Waals surface area (Å²) in [6, 6.07) is 7.90. The van der Waals surface area contributed by atoms with Crippen LogP contribution in [0.25, 0.3) is 0 Å². The Hall–Kier alpha value is -2.04. The molecule has 22 heavy (non-hydrogen) atoms. The second-order valence-electron chi connectivity index (χ2n) is 6.02. The number of benzene rings is 1. The molecule has 5 nitrogen and oxygen atoms in total. The minimum absolute atomic E-state index is 0.00519. The molecule has 0 saturated carbocycles. The average Bonchev–Trinajstić information content (AvgIpc) is 2.55. The van der Waals surface area contributed by atoms with Gasteiger partial charge >= 0.3 is 0 Å². The molecule has 5 heteroatoms. The van der Waals surface area contributed by atoms with Crippen molar-refractivity contribution in [3.05, 3.63) is 29.8 Å². The maximum Gasteiger partial charge on any atom is 0.223 e. The first-order valence-electron chi connectivity index (χ1n) is 7.93. The van der Waals surface area contributed by atoms with Crippen molar-refractivity contribution < 1.29 is 14.3 Å². The van der Waals surface area contributed by atoms with Crippen molar-refractivity contribution in [1.82, 2.24) is 10.2 Å². The maximum absolute atomic E-state index is 12.5. The quantitative estimate of drug-likeness (QED) is 0.907. The smallest absolute Gasteiger partial charge is 0.223 e. The zero-order valence-electron chi connectivity index (χ0n) is 12.9. The number of amides is 2. The molecule has 0 aromatic heterocycles. The number of rotatable bonds is 2. The Balaban J connectivity index is 1.60. The van der Waals surface area contributed by atoms with Gasteiger partial charge in [0.25, 0.3) is 0 Å². The van der Waals surface area contributed by atoms with Crippen molar-refractivity contribution in [1.29, 1.82) is 0 Å². The zero-order chi connectivity index (χ0) is 15.5. The molecule has 1 atom stereocenters. The van der Waals surface area contributed by atoms with Gasteiger partial charge in [0.2, 0.25) is 11.8 Å². The highest BCUT2D eigenvalue weighted by Crippen LogP contribution is 2.32. The second kappa shape index (κ2) is 6.38. The van der Waals surface area contributed by atoms with E-state index in [0.717, 1.165) is 30.6 Å². The molecule has 0 bridgehead atoms. The Morgan fingerprint density at radius 2 is 1.91 bits per heavy atom. The third-order valence-corrected chi connectivity index (χ3v) is 4.59. The van der Waals surface area contributed by atoms with Crippen molar-refractivity contribution in [2.24, 2.45) is 5.92 Å². The number of para-hydroxylation sites is 1. The van der Waals surface area contributed by atoms with Gasteiger partial charge in [-0.15, -0.1) is 0 Å². The topological polar surface area (TPSA) is 58.6 Å². The first kappa shape index (κ1) is 14.9.